The number of carbonyl (C=O) groups is 2. The van der Waals surface area contributed by atoms with Crippen LogP contribution in [0, 0.1) is 5.92 Å². The van der Waals surface area contributed by atoms with Crippen LogP contribution in [0.1, 0.15) is 41.5 Å². The molecule has 0 saturated heterocycles. The third-order valence-corrected chi connectivity index (χ3v) is 1.89. The molecule has 4 heteroatoms. The van der Waals surface area contributed by atoms with E-state index in [9.17, 15) is 9.59 Å². The van der Waals surface area contributed by atoms with Crippen molar-refractivity contribution in [3.8, 4) is 0 Å². The van der Waals surface area contributed by atoms with Gasteiger partial charge >= 0.3 is 0 Å². The number of amides is 1. The van der Waals surface area contributed by atoms with Crippen molar-refractivity contribution >= 4 is 12.2 Å². The summed E-state index contributed by atoms with van der Waals surface area (Å²) in [4.78, 5) is 19.4. The summed E-state index contributed by atoms with van der Waals surface area (Å²) in [5.41, 5.74) is 0. The van der Waals surface area contributed by atoms with E-state index in [0.29, 0.717) is 12.5 Å². The average Bonchev–Trinajstić information content (AvgIpc) is 2.28. The summed E-state index contributed by atoms with van der Waals surface area (Å²) < 4.78 is 0. The zero-order valence-corrected chi connectivity index (χ0v) is 11.8. The molecule has 0 bridgehead atoms. The number of hydrogen-bond acceptors (Lipinski definition) is 3. The number of ketones is 1. The number of Topliss-reactive ketones (excluding diaryl/α,β-unsaturated/α-hetero) is 1. The van der Waals surface area contributed by atoms with E-state index in [4.69, 9.17) is 0 Å². The van der Waals surface area contributed by atoms with Gasteiger partial charge in [-0.05, 0) is 26.8 Å². The van der Waals surface area contributed by atoms with Gasteiger partial charge in [-0.25, -0.2) is 0 Å². The Morgan fingerprint density at radius 1 is 1.25 bits per heavy atom. The first-order valence-electron chi connectivity index (χ1n) is 5.79. The summed E-state index contributed by atoms with van der Waals surface area (Å²) in [5.74, 6) is 0.720. The zero-order chi connectivity index (χ0) is 13.6. The van der Waals surface area contributed by atoms with Crippen LogP contribution in [0.3, 0.4) is 0 Å². The Hall–Kier alpha value is -0.900. The molecule has 16 heavy (non-hydrogen) atoms. The van der Waals surface area contributed by atoms with Crippen LogP contribution in [0.15, 0.2) is 0 Å². The monoisotopic (exact) mass is 232 g/mol. The molecule has 0 spiro atoms. The predicted molar refractivity (Wildman–Crippen MR) is 69.5 cm³/mol. The number of hydrogen-bond donors (Lipinski definition) is 2. The van der Waals surface area contributed by atoms with Gasteiger partial charge in [0.15, 0.2) is 0 Å². The van der Waals surface area contributed by atoms with Crippen LogP contribution in [0.4, 0.5) is 0 Å². The minimum Gasteiger partial charge on any atom is -0.352 e. The van der Waals surface area contributed by atoms with Gasteiger partial charge in [-0.15, -0.1) is 0 Å². The largest absolute Gasteiger partial charge is 0.352 e. The van der Waals surface area contributed by atoms with Crippen molar-refractivity contribution < 1.29 is 9.59 Å². The molecular weight excluding hydrogens is 204 g/mol. The van der Waals surface area contributed by atoms with Gasteiger partial charge in [0, 0.05) is 6.04 Å². The lowest BCUT2D eigenvalue weighted by Crippen LogP contribution is -2.26. The van der Waals surface area contributed by atoms with E-state index in [1.54, 1.807) is 0 Å². The molecule has 98 valence electrons. The van der Waals surface area contributed by atoms with E-state index < -0.39 is 0 Å². The molecule has 1 amide bonds. The van der Waals surface area contributed by atoms with E-state index in [-0.39, 0.29) is 12.3 Å². The number of carbonyl (C=O) groups excluding carboxylic acids is 2. The summed E-state index contributed by atoms with van der Waals surface area (Å²) in [6.45, 7) is 12.2. The lowest BCUT2D eigenvalue weighted by molar-refractivity contribution is -0.118. The van der Waals surface area contributed by atoms with Crippen LogP contribution >= 0.6 is 0 Å². The second kappa shape index (κ2) is 16.5. The van der Waals surface area contributed by atoms with Crippen molar-refractivity contribution in [2.75, 3.05) is 13.6 Å². The fourth-order valence-corrected chi connectivity index (χ4v) is 0.519. The van der Waals surface area contributed by atoms with Crippen molar-refractivity contribution in [1.29, 1.82) is 0 Å². The third-order valence-electron chi connectivity index (χ3n) is 1.89. The molecule has 1 unspecified atom stereocenters. The Morgan fingerprint density at radius 2 is 1.69 bits per heavy atom. The van der Waals surface area contributed by atoms with Crippen molar-refractivity contribution in [1.82, 2.24) is 10.6 Å². The van der Waals surface area contributed by atoms with Gasteiger partial charge in [0.05, 0.1) is 6.54 Å². The summed E-state index contributed by atoms with van der Waals surface area (Å²) >= 11 is 0. The molecule has 0 rings (SSSR count). The minimum absolute atomic E-state index is 0.0351. The van der Waals surface area contributed by atoms with Gasteiger partial charge in [0.2, 0.25) is 6.41 Å². The summed E-state index contributed by atoms with van der Waals surface area (Å²) in [7, 11) is 1.99. The van der Waals surface area contributed by atoms with E-state index in [0.717, 1.165) is 5.92 Å². The molecule has 0 radical (unpaired) electrons. The van der Waals surface area contributed by atoms with Gasteiger partial charge in [0.1, 0.15) is 5.78 Å². The van der Waals surface area contributed by atoms with Gasteiger partial charge < -0.3 is 10.6 Å². The van der Waals surface area contributed by atoms with Gasteiger partial charge in [-0.2, -0.15) is 0 Å². The molecule has 0 fully saturated rings. The predicted octanol–water partition coefficient (Wildman–Crippen LogP) is 1.60. The molecule has 1 atom stereocenters. The maximum Gasteiger partial charge on any atom is 0.207 e. The smallest absolute Gasteiger partial charge is 0.207 e. The number of rotatable bonds is 5. The first-order valence-corrected chi connectivity index (χ1v) is 5.79. The molecule has 0 aliphatic carbocycles. The Bertz CT molecular complexity index is 159. The molecule has 4 nitrogen and oxygen atoms in total. The average molecular weight is 232 g/mol. The van der Waals surface area contributed by atoms with Gasteiger partial charge in [-0.1, -0.05) is 27.7 Å². The first-order chi connectivity index (χ1) is 7.45. The van der Waals surface area contributed by atoms with Crippen LogP contribution in [-0.2, 0) is 9.59 Å². The number of nitrogens with one attached hydrogen (secondary N) is 2. The maximum absolute atomic E-state index is 9.98. The highest BCUT2D eigenvalue weighted by Crippen LogP contribution is 1.96. The van der Waals surface area contributed by atoms with Crippen LogP contribution in [-0.4, -0.2) is 31.8 Å². The van der Waals surface area contributed by atoms with Crippen LogP contribution in [0.5, 0.6) is 0 Å². The Labute approximate surface area is 100 Å². The van der Waals surface area contributed by atoms with Gasteiger partial charge in [0.25, 0.3) is 0 Å². The quantitative estimate of drug-likeness (QED) is 0.708. The second-order valence-electron chi connectivity index (χ2n) is 3.52. The summed E-state index contributed by atoms with van der Waals surface area (Å²) in [6.07, 6.45) is 0.501. The Kier molecular flexibility index (Phi) is 21.2. The first kappa shape index (κ1) is 20.5. The van der Waals surface area contributed by atoms with E-state index in [1.807, 2.05) is 20.9 Å². The molecule has 0 aliphatic heterocycles. The van der Waals surface area contributed by atoms with Crippen molar-refractivity contribution in [2.45, 2.75) is 47.6 Å². The fourth-order valence-electron chi connectivity index (χ4n) is 0.519. The van der Waals surface area contributed by atoms with Gasteiger partial charge in [-0.3, -0.25) is 9.59 Å². The topological polar surface area (TPSA) is 58.2 Å². The van der Waals surface area contributed by atoms with Crippen molar-refractivity contribution in [2.24, 2.45) is 5.92 Å². The summed E-state index contributed by atoms with van der Waals surface area (Å²) in [5, 5.41) is 5.38. The van der Waals surface area contributed by atoms with Crippen LogP contribution < -0.4 is 10.6 Å². The second-order valence-corrected chi connectivity index (χ2v) is 3.52. The summed E-state index contributed by atoms with van der Waals surface area (Å²) in [6, 6.07) is 0.653. The Morgan fingerprint density at radius 3 is 1.75 bits per heavy atom. The molecule has 2 N–H and O–H groups in total. The van der Waals surface area contributed by atoms with Crippen LogP contribution in [0.2, 0.25) is 0 Å². The molecule has 0 aliphatic rings. The van der Waals surface area contributed by atoms with Crippen molar-refractivity contribution in [3.05, 3.63) is 0 Å². The van der Waals surface area contributed by atoms with E-state index in [1.165, 1.54) is 6.92 Å². The highest BCUT2D eigenvalue weighted by atomic mass is 16.1. The molecule has 0 aromatic heterocycles. The Balaban J connectivity index is -0.000000183. The standard InChI is InChI=1S/C6H15N.C4H7NO2.C2H6/c1-5(2)6(3)7-4;1-4(7)2-5-3-6;1-2/h5-7H,1-4H3;3H,2H2,1H3,(H,5,6);1-2H3. The highest BCUT2D eigenvalue weighted by Gasteiger charge is 2.00. The minimum atomic E-state index is -0.0351. The molecule has 0 aromatic carbocycles. The molecule has 0 saturated carbocycles. The zero-order valence-electron chi connectivity index (χ0n) is 11.8. The molecule has 0 heterocycles. The molecule has 0 aromatic rings. The van der Waals surface area contributed by atoms with E-state index in [2.05, 4.69) is 31.4 Å². The lowest BCUT2D eigenvalue weighted by atomic mass is 10.1. The third kappa shape index (κ3) is 23.2. The molecular formula is C12H28N2O2. The van der Waals surface area contributed by atoms with E-state index >= 15 is 0 Å². The highest BCUT2D eigenvalue weighted by molar-refractivity contribution is 5.79. The lowest BCUT2D eigenvalue weighted by Gasteiger charge is -2.12. The SMILES string of the molecule is CC.CC(=O)CNC=O.CNC(C)C(C)C. The van der Waals surface area contributed by atoms with Crippen LogP contribution in [0.25, 0.3) is 0 Å². The van der Waals surface area contributed by atoms with Crippen molar-refractivity contribution in [3.63, 3.8) is 0 Å². The fraction of sp³-hybridized carbons (Fsp3) is 0.833. The maximum atomic E-state index is 9.98. The normalized spacial score (nSPS) is 10.2.